The number of halogens is 2. The zero-order valence-electron chi connectivity index (χ0n) is 10.5. The lowest BCUT2D eigenvalue weighted by Crippen LogP contribution is -2.14. The van der Waals surface area contributed by atoms with Crippen molar-refractivity contribution in [1.29, 1.82) is 0 Å². The molecule has 0 aliphatic rings. The van der Waals surface area contributed by atoms with E-state index < -0.39 is 0 Å². The molecule has 1 aromatic heterocycles. The Kier molecular flexibility index (Phi) is 4.08. The molecular formula is C14H12Cl2N2O. The van der Waals surface area contributed by atoms with Gasteiger partial charge in [-0.2, -0.15) is 0 Å². The second kappa shape index (κ2) is 5.59. The molecule has 0 spiro atoms. The number of hydrogen-bond donors (Lipinski definition) is 1. The highest BCUT2D eigenvalue weighted by Gasteiger charge is 2.09. The van der Waals surface area contributed by atoms with Crippen molar-refractivity contribution in [3.8, 4) is 0 Å². The Morgan fingerprint density at radius 1 is 1.05 bits per heavy atom. The largest absolute Gasteiger partial charge is 0.321 e. The summed E-state index contributed by atoms with van der Waals surface area (Å²) >= 11 is 11.8. The number of aryl methyl sites for hydroxylation is 2. The molecule has 1 amide bonds. The molecule has 0 saturated heterocycles. The predicted octanol–water partition coefficient (Wildman–Crippen LogP) is 4.26. The average molecular weight is 295 g/mol. The van der Waals surface area contributed by atoms with Crippen LogP contribution in [0.2, 0.25) is 10.0 Å². The summed E-state index contributed by atoms with van der Waals surface area (Å²) in [6.07, 6.45) is 0. The van der Waals surface area contributed by atoms with E-state index >= 15 is 0 Å². The first-order chi connectivity index (χ1) is 8.94. The van der Waals surface area contributed by atoms with Crippen LogP contribution in [-0.4, -0.2) is 10.9 Å². The van der Waals surface area contributed by atoms with Gasteiger partial charge in [-0.15, -0.1) is 0 Å². The van der Waals surface area contributed by atoms with Gasteiger partial charge in [0.2, 0.25) is 0 Å². The molecule has 0 saturated carbocycles. The predicted molar refractivity (Wildman–Crippen MR) is 78.1 cm³/mol. The number of aromatic nitrogens is 1. The zero-order valence-corrected chi connectivity index (χ0v) is 12.0. The van der Waals surface area contributed by atoms with Crippen molar-refractivity contribution < 1.29 is 4.79 Å². The Labute approximate surface area is 121 Å². The Balaban J connectivity index is 2.25. The van der Waals surface area contributed by atoms with Crippen LogP contribution in [0.25, 0.3) is 0 Å². The molecule has 0 unspecified atom stereocenters. The summed E-state index contributed by atoms with van der Waals surface area (Å²) < 4.78 is 0. The molecule has 98 valence electrons. The van der Waals surface area contributed by atoms with Gasteiger partial charge in [0.15, 0.2) is 0 Å². The highest BCUT2D eigenvalue weighted by Crippen LogP contribution is 2.22. The van der Waals surface area contributed by atoms with E-state index in [1.165, 1.54) is 0 Å². The minimum Gasteiger partial charge on any atom is -0.321 e. The Morgan fingerprint density at radius 3 is 2.26 bits per heavy atom. The van der Waals surface area contributed by atoms with Gasteiger partial charge in [-0.1, -0.05) is 23.2 Å². The third kappa shape index (κ3) is 3.69. The quantitative estimate of drug-likeness (QED) is 0.899. The molecule has 0 fully saturated rings. The fraction of sp³-hybridized carbons (Fsp3) is 0.143. The van der Waals surface area contributed by atoms with E-state index in [0.717, 1.165) is 11.3 Å². The Hall–Kier alpha value is -1.58. The molecule has 5 heteroatoms. The lowest BCUT2D eigenvalue weighted by Gasteiger charge is -2.07. The van der Waals surface area contributed by atoms with Gasteiger partial charge in [0.05, 0.1) is 0 Å². The number of hydrogen-bond acceptors (Lipinski definition) is 2. The van der Waals surface area contributed by atoms with Crippen molar-refractivity contribution in [2.75, 3.05) is 5.32 Å². The smallest absolute Gasteiger partial charge is 0.274 e. The maximum absolute atomic E-state index is 12.1. The Bertz CT molecular complexity index is 601. The molecule has 3 nitrogen and oxygen atoms in total. The van der Waals surface area contributed by atoms with Crippen molar-refractivity contribution in [3.63, 3.8) is 0 Å². The van der Waals surface area contributed by atoms with Gasteiger partial charge in [0.1, 0.15) is 5.69 Å². The van der Waals surface area contributed by atoms with Crippen molar-refractivity contribution in [2.45, 2.75) is 13.8 Å². The second-order valence-electron chi connectivity index (χ2n) is 4.28. The lowest BCUT2D eigenvalue weighted by atomic mass is 10.2. The number of carbonyl (C=O) groups is 1. The molecule has 0 aliphatic heterocycles. The van der Waals surface area contributed by atoms with Crippen molar-refractivity contribution in [3.05, 3.63) is 57.3 Å². The van der Waals surface area contributed by atoms with E-state index in [1.807, 2.05) is 19.9 Å². The molecule has 1 heterocycles. The van der Waals surface area contributed by atoms with Crippen LogP contribution >= 0.6 is 23.2 Å². The molecule has 0 bridgehead atoms. The number of rotatable bonds is 2. The summed E-state index contributed by atoms with van der Waals surface area (Å²) in [4.78, 5) is 16.3. The highest BCUT2D eigenvalue weighted by atomic mass is 35.5. The number of nitrogens with zero attached hydrogens (tertiary/aromatic N) is 1. The highest BCUT2D eigenvalue weighted by molar-refractivity contribution is 6.35. The van der Waals surface area contributed by atoms with Gasteiger partial charge in [0, 0.05) is 21.4 Å². The summed E-state index contributed by atoms with van der Waals surface area (Å²) in [6, 6.07) is 8.51. The van der Waals surface area contributed by atoms with Crippen molar-refractivity contribution >= 4 is 34.8 Å². The van der Waals surface area contributed by atoms with Crippen LogP contribution in [0.4, 0.5) is 5.69 Å². The minimum atomic E-state index is -0.287. The maximum Gasteiger partial charge on any atom is 0.274 e. The number of amides is 1. The molecule has 2 rings (SSSR count). The zero-order chi connectivity index (χ0) is 14.0. The third-order valence-corrected chi connectivity index (χ3v) is 2.89. The topological polar surface area (TPSA) is 42.0 Å². The first-order valence-corrected chi connectivity index (χ1v) is 6.42. The molecule has 19 heavy (non-hydrogen) atoms. The minimum absolute atomic E-state index is 0.287. The van der Waals surface area contributed by atoms with E-state index in [1.54, 1.807) is 24.3 Å². The van der Waals surface area contributed by atoms with Gasteiger partial charge in [0.25, 0.3) is 5.91 Å². The molecular weight excluding hydrogens is 283 g/mol. The standard InChI is InChI=1S/C14H12Cl2N2O/c1-8-3-9(2)17-13(4-8)14(19)18-12-6-10(15)5-11(16)7-12/h3-7H,1-2H3,(H,18,19). The van der Waals surface area contributed by atoms with Crippen LogP contribution in [0.3, 0.4) is 0 Å². The maximum atomic E-state index is 12.1. The number of nitrogens with one attached hydrogen (secondary N) is 1. The fourth-order valence-electron chi connectivity index (χ4n) is 1.78. The van der Waals surface area contributed by atoms with Crippen LogP contribution in [0.1, 0.15) is 21.7 Å². The summed E-state index contributed by atoms with van der Waals surface area (Å²) in [5.74, 6) is -0.287. The van der Waals surface area contributed by atoms with E-state index in [9.17, 15) is 4.79 Å². The van der Waals surface area contributed by atoms with Crippen LogP contribution < -0.4 is 5.32 Å². The van der Waals surface area contributed by atoms with Gasteiger partial charge in [-0.05, 0) is 49.7 Å². The Morgan fingerprint density at radius 2 is 1.68 bits per heavy atom. The van der Waals surface area contributed by atoms with Crippen LogP contribution in [0.5, 0.6) is 0 Å². The summed E-state index contributed by atoms with van der Waals surface area (Å²) in [7, 11) is 0. The first kappa shape index (κ1) is 13.8. The molecule has 1 N–H and O–H groups in total. The molecule has 0 radical (unpaired) electrons. The fourth-order valence-corrected chi connectivity index (χ4v) is 2.30. The average Bonchev–Trinajstić information content (AvgIpc) is 2.25. The molecule has 0 aliphatic carbocycles. The molecule has 1 aromatic carbocycles. The van der Waals surface area contributed by atoms with Crippen LogP contribution in [0.15, 0.2) is 30.3 Å². The third-order valence-electron chi connectivity index (χ3n) is 2.45. The van der Waals surface area contributed by atoms with Gasteiger partial charge < -0.3 is 5.32 Å². The van der Waals surface area contributed by atoms with Gasteiger partial charge in [-0.25, -0.2) is 4.98 Å². The van der Waals surface area contributed by atoms with Gasteiger partial charge in [-0.3, -0.25) is 4.79 Å². The van der Waals surface area contributed by atoms with Crippen LogP contribution in [-0.2, 0) is 0 Å². The van der Waals surface area contributed by atoms with E-state index in [-0.39, 0.29) is 5.91 Å². The summed E-state index contributed by atoms with van der Waals surface area (Å²) in [6.45, 7) is 3.77. The first-order valence-electron chi connectivity index (χ1n) is 5.67. The number of pyridine rings is 1. The number of carbonyl (C=O) groups excluding carboxylic acids is 1. The monoisotopic (exact) mass is 294 g/mol. The molecule has 2 aromatic rings. The summed E-state index contributed by atoms with van der Waals surface area (Å²) in [5, 5.41) is 3.66. The normalized spacial score (nSPS) is 10.3. The van der Waals surface area contributed by atoms with Crippen molar-refractivity contribution in [1.82, 2.24) is 4.98 Å². The van der Waals surface area contributed by atoms with Gasteiger partial charge >= 0.3 is 0 Å². The second-order valence-corrected chi connectivity index (χ2v) is 5.16. The van der Waals surface area contributed by atoms with E-state index in [4.69, 9.17) is 23.2 Å². The summed E-state index contributed by atoms with van der Waals surface area (Å²) in [5.41, 5.74) is 2.70. The van der Waals surface area contributed by atoms with E-state index in [2.05, 4.69) is 10.3 Å². The number of anilines is 1. The van der Waals surface area contributed by atoms with Crippen LogP contribution in [0, 0.1) is 13.8 Å². The number of benzene rings is 1. The lowest BCUT2D eigenvalue weighted by molar-refractivity contribution is 0.102. The SMILES string of the molecule is Cc1cc(C)nc(C(=O)Nc2cc(Cl)cc(Cl)c2)c1. The van der Waals surface area contributed by atoms with E-state index in [0.29, 0.717) is 21.4 Å². The molecule has 0 atom stereocenters. The van der Waals surface area contributed by atoms with Crippen molar-refractivity contribution in [2.24, 2.45) is 0 Å².